The van der Waals surface area contributed by atoms with Crippen molar-refractivity contribution in [3.05, 3.63) is 27.5 Å². The van der Waals surface area contributed by atoms with Crippen LogP contribution in [-0.2, 0) is 0 Å². The van der Waals surface area contributed by atoms with Gasteiger partial charge in [-0.2, -0.15) is 0 Å². The monoisotopic (exact) mass is 285 g/mol. The maximum Gasteiger partial charge on any atom is 0.344 e. The number of hydrogen-bond donors (Lipinski definition) is 1. The summed E-state index contributed by atoms with van der Waals surface area (Å²) < 4.78 is 1.57. The molecule has 0 fully saturated rings. The van der Waals surface area contributed by atoms with E-state index in [0.29, 0.717) is 21.2 Å². The molecule has 2 heterocycles. The molecule has 0 saturated carbocycles. The zero-order valence-electron chi connectivity index (χ0n) is 10.1. The average Bonchev–Trinajstić information content (AvgIpc) is 2.57. The zero-order chi connectivity index (χ0) is 13.3. The van der Waals surface area contributed by atoms with E-state index in [4.69, 9.17) is 11.6 Å². The molecule has 0 atom stereocenters. The average molecular weight is 286 g/mol. The third kappa shape index (κ3) is 2.73. The van der Waals surface area contributed by atoms with Gasteiger partial charge in [-0.05, 0) is 32.5 Å². The van der Waals surface area contributed by atoms with Crippen LogP contribution >= 0.6 is 23.4 Å². The van der Waals surface area contributed by atoms with Crippen LogP contribution in [0.3, 0.4) is 0 Å². The van der Waals surface area contributed by atoms with E-state index in [-0.39, 0.29) is 11.7 Å². The molecule has 0 aromatic carbocycles. The molecule has 2 aromatic rings. The number of rotatable bonds is 3. The Balaban J connectivity index is 2.37. The molecular weight excluding hydrogens is 274 g/mol. The Kier molecular flexibility index (Phi) is 3.72. The lowest BCUT2D eigenvalue weighted by Crippen LogP contribution is -2.19. The first-order valence-corrected chi connectivity index (χ1v) is 6.52. The molecule has 0 aliphatic rings. The van der Waals surface area contributed by atoms with Crippen LogP contribution in [0.2, 0.25) is 5.15 Å². The maximum absolute atomic E-state index is 11.6. The SMILES string of the molecule is Cc1nc(Cl)cc(Sc2n[nH]c(=O)n2C(C)C)n1. The highest BCUT2D eigenvalue weighted by atomic mass is 35.5. The van der Waals surface area contributed by atoms with Crippen molar-refractivity contribution in [2.45, 2.75) is 37.0 Å². The highest BCUT2D eigenvalue weighted by Crippen LogP contribution is 2.26. The molecule has 2 aromatic heterocycles. The van der Waals surface area contributed by atoms with Gasteiger partial charge < -0.3 is 0 Å². The van der Waals surface area contributed by atoms with Crippen LogP contribution in [0.4, 0.5) is 0 Å². The van der Waals surface area contributed by atoms with Gasteiger partial charge in [0.15, 0.2) is 5.16 Å². The van der Waals surface area contributed by atoms with Crippen LogP contribution in [0.1, 0.15) is 25.7 Å². The summed E-state index contributed by atoms with van der Waals surface area (Å²) in [6.07, 6.45) is 0. The van der Waals surface area contributed by atoms with Gasteiger partial charge in [0, 0.05) is 12.1 Å². The summed E-state index contributed by atoms with van der Waals surface area (Å²) in [4.78, 5) is 19.8. The number of aryl methyl sites for hydroxylation is 1. The second kappa shape index (κ2) is 5.11. The summed E-state index contributed by atoms with van der Waals surface area (Å²) in [6, 6.07) is 1.67. The van der Waals surface area contributed by atoms with Gasteiger partial charge in [0.2, 0.25) is 0 Å². The summed E-state index contributed by atoms with van der Waals surface area (Å²) in [5.41, 5.74) is -0.232. The van der Waals surface area contributed by atoms with E-state index in [9.17, 15) is 4.79 Å². The Morgan fingerprint density at radius 3 is 2.78 bits per heavy atom. The molecule has 6 nitrogen and oxygen atoms in total. The number of H-pyrrole nitrogens is 1. The number of nitrogens with zero attached hydrogens (tertiary/aromatic N) is 4. The summed E-state index contributed by atoms with van der Waals surface area (Å²) in [7, 11) is 0. The van der Waals surface area contributed by atoms with Gasteiger partial charge >= 0.3 is 5.69 Å². The Morgan fingerprint density at radius 2 is 2.17 bits per heavy atom. The van der Waals surface area contributed by atoms with Gasteiger partial charge in [-0.3, -0.25) is 4.57 Å². The van der Waals surface area contributed by atoms with E-state index in [1.807, 2.05) is 13.8 Å². The van der Waals surface area contributed by atoms with E-state index in [1.165, 1.54) is 11.8 Å². The lowest BCUT2D eigenvalue weighted by atomic mass is 10.4. The molecule has 18 heavy (non-hydrogen) atoms. The minimum atomic E-state index is -0.232. The number of hydrogen-bond acceptors (Lipinski definition) is 5. The molecule has 96 valence electrons. The summed E-state index contributed by atoms with van der Waals surface area (Å²) in [5, 5.41) is 8.00. The molecule has 0 aliphatic heterocycles. The summed E-state index contributed by atoms with van der Waals surface area (Å²) in [6.45, 7) is 5.59. The zero-order valence-corrected chi connectivity index (χ0v) is 11.7. The maximum atomic E-state index is 11.6. The minimum Gasteiger partial charge on any atom is -0.267 e. The normalized spacial score (nSPS) is 11.2. The number of nitrogens with one attached hydrogen (secondary N) is 1. The minimum absolute atomic E-state index is 0.0251. The molecule has 0 saturated heterocycles. The number of halogens is 1. The quantitative estimate of drug-likeness (QED) is 0.874. The van der Waals surface area contributed by atoms with E-state index in [1.54, 1.807) is 17.6 Å². The van der Waals surface area contributed by atoms with E-state index in [0.717, 1.165) is 0 Å². The van der Waals surface area contributed by atoms with Gasteiger partial charge in [0.1, 0.15) is 16.0 Å². The van der Waals surface area contributed by atoms with Crippen molar-refractivity contribution in [2.75, 3.05) is 0 Å². The van der Waals surface area contributed by atoms with Crippen LogP contribution < -0.4 is 5.69 Å². The molecule has 0 spiro atoms. The molecular formula is C10H12ClN5OS. The van der Waals surface area contributed by atoms with Gasteiger partial charge in [-0.25, -0.2) is 19.9 Å². The Hall–Kier alpha value is -1.34. The van der Waals surface area contributed by atoms with Crippen molar-refractivity contribution in [1.29, 1.82) is 0 Å². The fourth-order valence-corrected chi connectivity index (χ4v) is 2.78. The first-order chi connectivity index (χ1) is 8.47. The van der Waals surface area contributed by atoms with Crippen molar-refractivity contribution >= 4 is 23.4 Å². The highest BCUT2D eigenvalue weighted by Gasteiger charge is 2.13. The van der Waals surface area contributed by atoms with Gasteiger partial charge in [0.05, 0.1) is 0 Å². The van der Waals surface area contributed by atoms with Gasteiger partial charge in [0.25, 0.3) is 0 Å². The van der Waals surface area contributed by atoms with Crippen LogP contribution in [0.5, 0.6) is 0 Å². The lowest BCUT2D eigenvalue weighted by Gasteiger charge is -2.08. The van der Waals surface area contributed by atoms with E-state index in [2.05, 4.69) is 20.2 Å². The summed E-state index contributed by atoms with van der Waals surface area (Å²) in [5.74, 6) is 0.582. The number of aromatic amines is 1. The smallest absolute Gasteiger partial charge is 0.267 e. The second-order valence-corrected chi connectivity index (χ2v) is 5.33. The predicted octanol–water partition coefficient (Wildman–Crippen LogP) is 2.06. The van der Waals surface area contributed by atoms with Crippen LogP contribution in [0.25, 0.3) is 0 Å². The first-order valence-electron chi connectivity index (χ1n) is 5.33. The van der Waals surface area contributed by atoms with Crippen LogP contribution in [-0.4, -0.2) is 24.7 Å². The molecule has 0 unspecified atom stereocenters. The molecule has 2 rings (SSSR count). The van der Waals surface area contributed by atoms with Crippen molar-refractivity contribution < 1.29 is 0 Å². The van der Waals surface area contributed by atoms with Crippen molar-refractivity contribution in [3.8, 4) is 0 Å². The molecule has 8 heteroatoms. The Bertz CT molecular complexity index is 601. The first kappa shape index (κ1) is 13.1. The van der Waals surface area contributed by atoms with Crippen LogP contribution in [0, 0.1) is 6.92 Å². The van der Waals surface area contributed by atoms with E-state index >= 15 is 0 Å². The number of aromatic nitrogens is 5. The third-order valence-corrected chi connectivity index (χ3v) is 3.25. The second-order valence-electron chi connectivity index (χ2n) is 3.95. The van der Waals surface area contributed by atoms with Gasteiger partial charge in [-0.1, -0.05) is 11.6 Å². The molecule has 0 amide bonds. The van der Waals surface area contributed by atoms with Crippen molar-refractivity contribution in [1.82, 2.24) is 24.7 Å². The highest BCUT2D eigenvalue weighted by molar-refractivity contribution is 7.99. The van der Waals surface area contributed by atoms with Crippen molar-refractivity contribution in [2.24, 2.45) is 0 Å². The predicted molar refractivity (Wildman–Crippen MR) is 69.1 cm³/mol. The fraction of sp³-hybridized carbons (Fsp3) is 0.400. The third-order valence-electron chi connectivity index (χ3n) is 2.17. The lowest BCUT2D eigenvalue weighted by molar-refractivity contribution is 0.534. The van der Waals surface area contributed by atoms with Crippen LogP contribution in [0.15, 0.2) is 21.0 Å². The molecule has 0 radical (unpaired) electrons. The topological polar surface area (TPSA) is 76.5 Å². The molecule has 0 bridgehead atoms. The van der Waals surface area contributed by atoms with E-state index < -0.39 is 0 Å². The van der Waals surface area contributed by atoms with Gasteiger partial charge in [-0.15, -0.1) is 5.10 Å². The Labute approximate surface area is 113 Å². The largest absolute Gasteiger partial charge is 0.344 e. The standard InChI is InChI=1S/C10H12ClN5OS/c1-5(2)16-9(17)14-15-10(16)18-8-4-7(11)12-6(3)13-8/h4-5H,1-3H3,(H,14,17). The van der Waals surface area contributed by atoms with Crippen molar-refractivity contribution in [3.63, 3.8) is 0 Å². The molecule has 1 N–H and O–H groups in total. The fourth-order valence-electron chi connectivity index (χ4n) is 1.47. The Morgan fingerprint density at radius 1 is 1.44 bits per heavy atom. The summed E-state index contributed by atoms with van der Waals surface area (Å²) >= 11 is 7.14. The molecule has 0 aliphatic carbocycles.